The van der Waals surface area contributed by atoms with Crippen LogP contribution in [0.3, 0.4) is 0 Å². The molecule has 1 N–H and O–H groups in total. The third-order valence-corrected chi connectivity index (χ3v) is 6.66. The Balaban J connectivity index is 1.53. The standard InChI is InChI=1S/C32H33N5O4/c1-32(2,3)41-30(39)34-25-13-15-26(16-14-25)37-29(38)27-11-7-8-12-28(27)36(31(37)40)21-24(20-35-18-17-33-22-35)19-23-9-5-4-6-10-23/h4-18,22,24H,19-21H2,1-3H3,(H,34,39). The molecule has 41 heavy (non-hydrogen) atoms. The Hall–Kier alpha value is -4.92. The molecule has 2 heterocycles. The van der Waals surface area contributed by atoms with Gasteiger partial charge in [0.15, 0.2) is 0 Å². The maximum absolute atomic E-state index is 14.0. The molecule has 0 aliphatic heterocycles. The van der Waals surface area contributed by atoms with Gasteiger partial charge in [0.2, 0.25) is 0 Å². The summed E-state index contributed by atoms with van der Waals surface area (Å²) in [6.45, 7) is 6.40. The van der Waals surface area contributed by atoms with Crippen molar-refractivity contribution in [3.63, 3.8) is 0 Å². The van der Waals surface area contributed by atoms with E-state index in [4.69, 9.17) is 4.74 Å². The first kappa shape index (κ1) is 27.6. The SMILES string of the molecule is CC(C)(C)OC(=O)Nc1ccc(-n2c(=O)c3ccccc3n(CC(Cc3ccccc3)Cn3ccnc3)c2=O)cc1. The summed E-state index contributed by atoms with van der Waals surface area (Å²) < 4.78 is 10.2. The Kier molecular flexibility index (Phi) is 7.87. The number of carbonyl (C=O) groups is 1. The van der Waals surface area contributed by atoms with E-state index in [2.05, 4.69) is 22.4 Å². The summed E-state index contributed by atoms with van der Waals surface area (Å²) in [5.41, 5.74) is 1.18. The summed E-state index contributed by atoms with van der Waals surface area (Å²) in [7, 11) is 0. The van der Waals surface area contributed by atoms with Gasteiger partial charge in [0, 0.05) is 31.2 Å². The van der Waals surface area contributed by atoms with Gasteiger partial charge in [-0.3, -0.25) is 14.7 Å². The lowest BCUT2D eigenvalue weighted by Crippen LogP contribution is -2.40. The molecule has 9 heteroatoms. The van der Waals surface area contributed by atoms with Crippen molar-refractivity contribution in [1.29, 1.82) is 0 Å². The zero-order chi connectivity index (χ0) is 29.0. The lowest BCUT2D eigenvalue weighted by Gasteiger charge is -2.21. The van der Waals surface area contributed by atoms with Crippen molar-refractivity contribution in [3.05, 3.63) is 124 Å². The van der Waals surface area contributed by atoms with Crippen LogP contribution >= 0.6 is 0 Å². The Labute approximate surface area is 237 Å². The zero-order valence-corrected chi connectivity index (χ0v) is 23.4. The summed E-state index contributed by atoms with van der Waals surface area (Å²) in [6.07, 6.45) is 5.57. The molecule has 0 aliphatic carbocycles. The Morgan fingerprint density at radius 1 is 0.927 bits per heavy atom. The molecule has 0 radical (unpaired) electrons. The molecule has 0 saturated carbocycles. The maximum Gasteiger partial charge on any atom is 0.412 e. The van der Waals surface area contributed by atoms with E-state index in [0.717, 1.165) is 12.0 Å². The van der Waals surface area contributed by atoms with E-state index in [1.807, 2.05) is 41.1 Å². The summed E-state index contributed by atoms with van der Waals surface area (Å²) in [6, 6.07) is 23.9. The first-order chi connectivity index (χ1) is 19.7. The number of aromatic nitrogens is 4. The van der Waals surface area contributed by atoms with Crippen LogP contribution in [0.25, 0.3) is 16.6 Å². The third kappa shape index (κ3) is 6.63. The van der Waals surface area contributed by atoms with Crippen LogP contribution in [0.2, 0.25) is 0 Å². The van der Waals surface area contributed by atoms with Crippen LogP contribution in [0.5, 0.6) is 0 Å². The number of hydrogen-bond acceptors (Lipinski definition) is 5. The van der Waals surface area contributed by atoms with Crippen molar-refractivity contribution in [2.75, 3.05) is 5.32 Å². The zero-order valence-electron chi connectivity index (χ0n) is 23.4. The third-order valence-electron chi connectivity index (χ3n) is 6.66. The van der Waals surface area contributed by atoms with Crippen molar-refractivity contribution < 1.29 is 9.53 Å². The molecule has 1 unspecified atom stereocenters. The normalized spacial score (nSPS) is 12.3. The van der Waals surface area contributed by atoms with Crippen LogP contribution in [0, 0.1) is 5.92 Å². The average molecular weight is 552 g/mol. The van der Waals surface area contributed by atoms with Gasteiger partial charge in [-0.1, -0.05) is 42.5 Å². The summed E-state index contributed by atoms with van der Waals surface area (Å²) in [5.74, 6) is 0.0408. The topological polar surface area (TPSA) is 100 Å². The number of amides is 1. The second kappa shape index (κ2) is 11.7. The number of nitrogens with zero attached hydrogens (tertiary/aromatic N) is 4. The molecule has 2 aromatic heterocycles. The van der Waals surface area contributed by atoms with Gasteiger partial charge < -0.3 is 9.30 Å². The largest absolute Gasteiger partial charge is 0.444 e. The number of para-hydroxylation sites is 1. The molecule has 0 fully saturated rings. The van der Waals surface area contributed by atoms with E-state index in [1.54, 1.807) is 74.3 Å². The Morgan fingerprint density at radius 2 is 1.63 bits per heavy atom. The average Bonchev–Trinajstić information content (AvgIpc) is 3.44. The molecule has 0 aliphatic rings. The number of benzene rings is 3. The van der Waals surface area contributed by atoms with E-state index in [-0.39, 0.29) is 5.92 Å². The number of fused-ring (bicyclic) bond motifs is 1. The number of carbonyl (C=O) groups excluding carboxylic acids is 1. The molecule has 5 rings (SSSR count). The van der Waals surface area contributed by atoms with Crippen LogP contribution in [0.15, 0.2) is 107 Å². The molecule has 1 atom stereocenters. The minimum absolute atomic E-state index is 0.0408. The number of ether oxygens (including phenoxy) is 1. The fraction of sp³-hybridized carbons (Fsp3) is 0.250. The van der Waals surface area contributed by atoms with Gasteiger partial charge in [-0.25, -0.2) is 19.1 Å². The van der Waals surface area contributed by atoms with Crippen molar-refractivity contribution in [2.24, 2.45) is 5.92 Å². The monoisotopic (exact) mass is 551 g/mol. The fourth-order valence-electron chi connectivity index (χ4n) is 4.93. The number of anilines is 1. The lowest BCUT2D eigenvalue weighted by molar-refractivity contribution is 0.0636. The van der Waals surface area contributed by atoms with E-state index in [9.17, 15) is 14.4 Å². The van der Waals surface area contributed by atoms with E-state index >= 15 is 0 Å². The Morgan fingerprint density at radius 3 is 2.32 bits per heavy atom. The second-order valence-electron chi connectivity index (χ2n) is 11.0. The molecule has 1 amide bonds. The molecule has 9 nitrogen and oxygen atoms in total. The van der Waals surface area contributed by atoms with Crippen molar-refractivity contribution >= 4 is 22.7 Å². The molecule has 3 aromatic carbocycles. The first-order valence-electron chi connectivity index (χ1n) is 13.5. The van der Waals surface area contributed by atoms with Crippen LogP contribution < -0.4 is 16.6 Å². The summed E-state index contributed by atoms with van der Waals surface area (Å²) in [5, 5.41) is 3.13. The number of rotatable bonds is 8. The smallest absolute Gasteiger partial charge is 0.412 e. The molecule has 0 spiro atoms. The second-order valence-corrected chi connectivity index (χ2v) is 11.0. The highest BCUT2D eigenvalue weighted by atomic mass is 16.6. The van der Waals surface area contributed by atoms with Gasteiger partial charge in [0.05, 0.1) is 22.9 Å². The molecule has 210 valence electrons. The van der Waals surface area contributed by atoms with Crippen molar-refractivity contribution in [1.82, 2.24) is 18.7 Å². The predicted molar refractivity (Wildman–Crippen MR) is 160 cm³/mol. The molecular weight excluding hydrogens is 518 g/mol. The van der Waals surface area contributed by atoms with E-state index in [1.165, 1.54) is 4.57 Å². The van der Waals surface area contributed by atoms with Crippen LogP contribution in [-0.4, -0.2) is 30.4 Å². The highest BCUT2D eigenvalue weighted by Crippen LogP contribution is 2.18. The van der Waals surface area contributed by atoms with Gasteiger partial charge in [0.25, 0.3) is 5.56 Å². The highest BCUT2D eigenvalue weighted by molar-refractivity contribution is 5.85. The number of nitrogens with one attached hydrogen (secondary N) is 1. The number of imidazole rings is 1. The van der Waals surface area contributed by atoms with Crippen molar-refractivity contribution in [3.8, 4) is 5.69 Å². The van der Waals surface area contributed by atoms with Crippen LogP contribution in [0.1, 0.15) is 26.3 Å². The van der Waals surface area contributed by atoms with Gasteiger partial charge in [0.1, 0.15) is 5.60 Å². The van der Waals surface area contributed by atoms with Crippen LogP contribution in [0.4, 0.5) is 10.5 Å². The van der Waals surface area contributed by atoms with Gasteiger partial charge in [-0.2, -0.15) is 0 Å². The minimum atomic E-state index is -0.635. The summed E-state index contributed by atoms with van der Waals surface area (Å²) >= 11 is 0. The Bertz CT molecular complexity index is 1750. The minimum Gasteiger partial charge on any atom is -0.444 e. The quantitative estimate of drug-likeness (QED) is 0.284. The number of hydrogen-bond donors (Lipinski definition) is 1. The fourth-order valence-corrected chi connectivity index (χ4v) is 4.93. The lowest BCUT2D eigenvalue weighted by atomic mass is 9.98. The van der Waals surface area contributed by atoms with Gasteiger partial charge in [-0.15, -0.1) is 0 Å². The van der Waals surface area contributed by atoms with E-state index in [0.29, 0.717) is 35.4 Å². The summed E-state index contributed by atoms with van der Waals surface area (Å²) in [4.78, 5) is 44.0. The van der Waals surface area contributed by atoms with Crippen molar-refractivity contribution in [2.45, 2.75) is 45.9 Å². The molecule has 0 saturated heterocycles. The van der Waals surface area contributed by atoms with Crippen LogP contribution in [-0.2, 0) is 24.2 Å². The van der Waals surface area contributed by atoms with E-state index < -0.39 is 22.9 Å². The highest BCUT2D eigenvalue weighted by Gasteiger charge is 2.20. The first-order valence-corrected chi connectivity index (χ1v) is 13.5. The molecule has 5 aromatic rings. The molecular formula is C32H33N5O4. The van der Waals surface area contributed by atoms with Gasteiger partial charge >= 0.3 is 11.8 Å². The predicted octanol–water partition coefficient (Wildman–Crippen LogP) is 5.26. The van der Waals surface area contributed by atoms with Gasteiger partial charge in [-0.05, 0) is 75.1 Å². The maximum atomic E-state index is 14.0. The molecule has 0 bridgehead atoms.